The van der Waals surface area contributed by atoms with E-state index in [-0.39, 0.29) is 11.1 Å². The second kappa shape index (κ2) is 2.85. The van der Waals surface area contributed by atoms with E-state index in [0.717, 1.165) is 5.39 Å². The minimum Gasteiger partial charge on any atom is -0.398 e. The summed E-state index contributed by atoms with van der Waals surface area (Å²) in [6, 6.07) is 1.37. The average molecular weight is 206 g/mol. The highest BCUT2D eigenvalue weighted by atomic mass is 16.1. The molecule has 0 atom stereocenters. The molecule has 0 aliphatic carbocycles. The van der Waals surface area contributed by atoms with Gasteiger partial charge in [0.25, 0.3) is 5.56 Å². The molecule has 80 valence electrons. The normalized spacial score (nSPS) is 12.2. The van der Waals surface area contributed by atoms with Crippen molar-refractivity contribution >= 4 is 16.7 Å². The summed E-state index contributed by atoms with van der Waals surface area (Å²) >= 11 is 0. The van der Waals surface area contributed by atoms with Crippen LogP contribution in [0.3, 0.4) is 0 Å². The number of rotatable bonds is 0. The molecule has 0 radical (unpaired) electrons. The van der Waals surface area contributed by atoms with E-state index in [1.807, 2.05) is 20.8 Å². The Labute approximate surface area is 86.9 Å². The van der Waals surface area contributed by atoms with Gasteiger partial charge < -0.3 is 10.7 Å². The van der Waals surface area contributed by atoms with Crippen LogP contribution in [0.5, 0.6) is 0 Å². The monoisotopic (exact) mass is 206 g/mol. The van der Waals surface area contributed by atoms with E-state index < -0.39 is 0 Å². The summed E-state index contributed by atoms with van der Waals surface area (Å²) in [5.41, 5.74) is 6.49. The Morgan fingerprint density at radius 2 is 2.13 bits per heavy atom. The lowest BCUT2D eigenvalue weighted by atomic mass is 10.1. The number of aromatic nitrogens is 3. The molecule has 0 saturated heterocycles. The van der Waals surface area contributed by atoms with Crippen LogP contribution < -0.4 is 11.3 Å². The molecule has 0 bridgehead atoms. The van der Waals surface area contributed by atoms with Crippen LogP contribution in [-0.2, 0) is 5.54 Å². The lowest BCUT2D eigenvalue weighted by molar-refractivity contribution is 0.366. The van der Waals surface area contributed by atoms with Crippen LogP contribution in [0.25, 0.3) is 11.0 Å². The van der Waals surface area contributed by atoms with Gasteiger partial charge in [0.1, 0.15) is 5.65 Å². The van der Waals surface area contributed by atoms with Gasteiger partial charge in [-0.05, 0) is 20.8 Å². The zero-order valence-electron chi connectivity index (χ0n) is 9.03. The maximum Gasteiger partial charge on any atom is 0.251 e. The third-order valence-corrected chi connectivity index (χ3v) is 2.24. The number of nitrogen functional groups attached to an aromatic ring is 1. The van der Waals surface area contributed by atoms with Crippen molar-refractivity contribution in [2.24, 2.45) is 0 Å². The Bertz CT molecular complexity index is 559. The number of anilines is 1. The number of hydrogen-bond donors (Lipinski definition) is 2. The number of nitrogens with zero attached hydrogens (tertiary/aromatic N) is 2. The third kappa shape index (κ3) is 1.49. The standard InChI is InChI=1S/C10H14N4O/c1-10(2,3)14-9-6(5-12-14)7(11)4-8(15)13-9/h4-5H,1-3H3,(H3,11,13,15). The lowest BCUT2D eigenvalue weighted by Crippen LogP contribution is -2.24. The van der Waals surface area contributed by atoms with Gasteiger partial charge in [-0.2, -0.15) is 5.10 Å². The fraction of sp³-hybridized carbons (Fsp3) is 0.400. The van der Waals surface area contributed by atoms with Crippen molar-refractivity contribution in [3.63, 3.8) is 0 Å². The number of aromatic amines is 1. The lowest BCUT2D eigenvalue weighted by Gasteiger charge is -2.19. The van der Waals surface area contributed by atoms with Crippen LogP contribution in [0.15, 0.2) is 17.1 Å². The average Bonchev–Trinajstić information content (AvgIpc) is 2.45. The van der Waals surface area contributed by atoms with Gasteiger partial charge in [-0.1, -0.05) is 0 Å². The van der Waals surface area contributed by atoms with E-state index in [4.69, 9.17) is 5.73 Å². The fourth-order valence-electron chi connectivity index (χ4n) is 1.56. The summed E-state index contributed by atoms with van der Waals surface area (Å²) in [5.74, 6) is 0. The Morgan fingerprint density at radius 1 is 1.47 bits per heavy atom. The van der Waals surface area contributed by atoms with E-state index in [1.165, 1.54) is 6.07 Å². The fourth-order valence-corrected chi connectivity index (χ4v) is 1.56. The minimum absolute atomic E-state index is 0.182. The van der Waals surface area contributed by atoms with Crippen molar-refractivity contribution < 1.29 is 0 Å². The summed E-state index contributed by atoms with van der Waals surface area (Å²) in [6.45, 7) is 6.04. The molecule has 0 aliphatic rings. The highest BCUT2D eigenvalue weighted by Crippen LogP contribution is 2.22. The first-order chi connectivity index (χ1) is 6.89. The summed E-state index contributed by atoms with van der Waals surface area (Å²) < 4.78 is 1.76. The van der Waals surface area contributed by atoms with Gasteiger partial charge in [-0.25, -0.2) is 4.68 Å². The molecule has 5 nitrogen and oxygen atoms in total. The third-order valence-electron chi connectivity index (χ3n) is 2.24. The van der Waals surface area contributed by atoms with Crippen LogP contribution in [0.2, 0.25) is 0 Å². The number of pyridine rings is 1. The molecule has 0 unspecified atom stereocenters. The van der Waals surface area contributed by atoms with Gasteiger partial charge in [-0.15, -0.1) is 0 Å². The van der Waals surface area contributed by atoms with Crippen LogP contribution in [-0.4, -0.2) is 14.8 Å². The van der Waals surface area contributed by atoms with Gasteiger partial charge in [0, 0.05) is 11.8 Å². The molecular weight excluding hydrogens is 192 g/mol. The molecular formula is C10H14N4O. The molecule has 2 rings (SSSR count). The molecule has 2 aromatic heterocycles. The summed E-state index contributed by atoms with van der Waals surface area (Å²) in [7, 11) is 0. The first-order valence-electron chi connectivity index (χ1n) is 4.76. The van der Waals surface area contributed by atoms with E-state index >= 15 is 0 Å². The summed E-state index contributed by atoms with van der Waals surface area (Å²) in [5, 5.41) is 5.02. The predicted molar refractivity (Wildman–Crippen MR) is 59.8 cm³/mol. The van der Waals surface area contributed by atoms with E-state index in [2.05, 4.69) is 10.1 Å². The van der Waals surface area contributed by atoms with Crippen LogP contribution >= 0.6 is 0 Å². The number of hydrogen-bond acceptors (Lipinski definition) is 3. The van der Waals surface area contributed by atoms with Crippen molar-refractivity contribution in [3.05, 3.63) is 22.6 Å². The molecule has 0 spiro atoms. The molecule has 0 amide bonds. The zero-order valence-corrected chi connectivity index (χ0v) is 9.03. The maximum atomic E-state index is 11.3. The van der Waals surface area contributed by atoms with Gasteiger partial charge in [0.15, 0.2) is 0 Å². The Kier molecular flexibility index (Phi) is 1.86. The van der Waals surface area contributed by atoms with E-state index in [0.29, 0.717) is 11.3 Å². The van der Waals surface area contributed by atoms with Crippen molar-refractivity contribution in [2.45, 2.75) is 26.3 Å². The van der Waals surface area contributed by atoms with Crippen LogP contribution in [0.1, 0.15) is 20.8 Å². The molecule has 0 aliphatic heterocycles. The van der Waals surface area contributed by atoms with Crippen molar-refractivity contribution in [3.8, 4) is 0 Å². The molecule has 5 heteroatoms. The molecule has 2 heterocycles. The van der Waals surface area contributed by atoms with Gasteiger partial charge >= 0.3 is 0 Å². The van der Waals surface area contributed by atoms with Crippen molar-refractivity contribution in [1.29, 1.82) is 0 Å². The molecule has 15 heavy (non-hydrogen) atoms. The smallest absolute Gasteiger partial charge is 0.251 e. The highest BCUT2D eigenvalue weighted by Gasteiger charge is 2.18. The largest absolute Gasteiger partial charge is 0.398 e. The maximum absolute atomic E-state index is 11.3. The van der Waals surface area contributed by atoms with Gasteiger partial charge in [-0.3, -0.25) is 4.79 Å². The molecule has 0 fully saturated rings. The summed E-state index contributed by atoms with van der Waals surface area (Å²) in [4.78, 5) is 14.1. The Morgan fingerprint density at radius 3 is 2.73 bits per heavy atom. The van der Waals surface area contributed by atoms with E-state index in [9.17, 15) is 4.79 Å². The van der Waals surface area contributed by atoms with Gasteiger partial charge in [0.05, 0.1) is 17.1 Å². The SMILES string of the molecule is CC(C)(C)n1ncc2c(N)cc(=O)[nH]c21. The van der Waals surface area contributed by atoms with Crippen LogP contribution in [0.4, 0.5) is 5.69 Å². The first kappa shape index (κ1) is 9.76. The van der Waals surface area contributed by atoms with Crippen molar-refractivity contribution in [2.75, 3.05) is 5.73 Å². The zero-order chi connectivity index (χ0) is 11.2. The summed E-state index contributed by atoms with van der Waals surface area (Å²) in [6.07, 6.45) is 1.67. The highest BCUT2D eigenvalue weighted by molar-refractivity contribution is 5.87. The Balaban J connectivity index is 2.86. The second-order valence-electron chi connectivity index (χ2n) is 4.58. The molecule has 0 aromatic carbocycles. The number of nitrogens with one attached hydrogen (secondary N) is 1. The topological polar surface area (TPSA) is 76.7 Å². The number of H-pyrrole nitrogens is 1. The van der Waals surface area contributed by atoms with Gasteiger partial charge in [0.2, 0.25) is 0 Å². The first-order valence-corrected chi connectivity index (χ1v) is 4.76. The number of nitrogens with two attached hydrogens (primary N) is 1. The second-order valence-corrected chi connectivity index (χ2v) is 4.58. The molecule has 3 N–H and O–H groups in total. The Hall–Kier alpha value is -1.78. The van der Waals surface area contributed by atoms with Crippen LogP contribution in [0, 0.1) is 0 Å². The van der Waals surface area contributed by atoms with Crippen molar-refractivity contribution in [1.82, 2.24) is 14.8 Å². The molecule has 0 saturated carbocycles. The number of fused-ring (bicyclic) bond motifs is 1. The van der Waals surface area contributed by atoms with E-state index in [1.54, 1.807) is 10.9 Å². The quantitative estimate of drug-likeness (QED) is 0.676. The predicted octanol–water partition coefficient (Wildman–Crippen LogP) is 1.06. The molecule has 2 aromatic rings. The minimum atomic E-state index is -0.203.